The van der Waals surface area contributed by atoms with Crippen molar-refractivity contribution in [3.05, 3.63) is 24.3 Å². The molecule has 3 fully saturated rings. The van der Waals surface area contributed by atoms with Crippen LogP contribution < -0.4 is 5.32 Å². The van der Waals surface area contributed by atoms with E-state index >= 15 is 0 Å². The molecule has 114 heavy (non-hydrogen) atoms. The van der Waals surface area contributed by atoms with Crippen molar-refractivity contribution in [3.8, 4) is 0 Å². The van der Waals surface area contributed by atoms with Gasteiger partial charge in [-0.2, -0.15) is 0 Å². The largest absolute Gasteiger partial charge is 0.394 e. The molecule has 17 atom stereocenters. The van der Waals surface area contributed by atoms with Crippen molar-refractivity contribution in [2.45, 2.75) is 548 Å². The first-order valence-corrected chi connectivity index (χ1v) is 48.6. The topological polar surface area (TPSA) is 307 Å². The second-order valence-electron chi connectivity index (χ2n) is 34.9. The number of allylic oxidation sites excluding steroid dienone is 3. The Morgan fingerprint density at radius 3 is 0.877 bits per heavy atom. The van der Waals surface area contributed by atoms with E-state index in [4.69, 9.17) is 28.4 Å². The zero-order chi connectivity index (χ0) is 82.4. The van der Waals surface area contributed by atoms with Gasteiger partial charge in [-0.25, -0.2) is 0 Å². The molecule has 12 N–H and O–H groups in total. The Kier molecular flexibility index (Phi) is 70.1. The van der Waals surface area contributed by atoms with Crippen molar-refractivity contribution < 1.29 is 89.4 Å². The second kappa shape index (κ2) is 75.0. The summed E-state index contributed by atoms with van der Waals surface area (Å²) in [6.45, 7) is 1.81. The third-order valence-corrected chi connectivity index (χ3v) is 24.5. The van der Waals surface area contributed by atoms with Gasteiger partial charge in [0.25, 0.3) is 0 Å². The van der Waals surface area contributed by atoms with Crippen LogP contribution in [0.15, 0.2) is 24.3 Å². The Morgan fingerprint density at radius 1 is 0.307 bits per heavy atom. The Hall–Kier alpha value is -1.73. The van der Waals surface area contributed by atoms with Crippen molar-refractivity contribution in [2.75, 3.05) is 26.4 Å². The predicted molar refractivity (Wildman–Crippen MR) is 462 cm³/mol. The Bertz CT molecular complexity index is 2140. The maximum absolute atomic E-state index is 13.5. The first-order valence-electron chi connectivity index (χ1n) is 48.6. The van der Waals surface area contributed by atoms with Gasteiger partial charge in [-0.15, -0.1) is 0 Å². The van der Waals surface area contributed by atoms with Crippen molar-refractivity contribution in [3.63, 3.8) is 0 Å². The van der Waals surface area contributed by atoms with Crippen LogP contribution in [0.3, 0.4) is 0 Å². The number of carbonyl (C=O) groups excluding carboxylic acids is 1. The number of hydrogen-bond acceptors (Lipinski definition) is 18. The highest BCUT2D eigenvalue weighted by Gasteiger charge is 2.54. The van der Waals surface area contributed by atoms with E-state index in [0.29, 0.717) is 12.8 Å². The third-order valence-electron chi connectivity index (χ3n) is 24.5. The highest BCUT2D eigenvalue weighted by Crippen LogP contribution is 2.34. The van der Waals surface area contributed by atoms with Crippen LogP contribution >= 0.6 is 0 Å². The van der Waals surface area contributed by atoms with E-state index in [9.17, 15) is 61.0 Å². The molecular weight excluding hydrogens is 1440 g/mol. The van der Waals surface area contributed by atoms with Gasteiger partial charge in [0.1, 0.15) is 73.2 Å². The van der Waals surface area contributed by atoms with Crippen LogP contribution in [0.5, 0.6) is 0 Å². The summed E-state index contributed by atoms with van der Waals surface area (Å²) >= 11 is 0. The van der Waals surface area contributed by atoms with Crippen LogP contribution in [0.25, 0.3) is 0 Å². The zero-order valence-electron chi connectivity index (χ0n) is 73.1. The number of unbranched alkanes of at least 4 members (excludes halogenated alkanes) is 63. The maximum atomic E-state index is 13.5. The van der Waals surface area contributed by atoms with Gasteiger partial charge < -0.3 is 89.9 Å². The summed E-state index contributed by atoms with van der Waals surface area (Å²) in [6, 6.07) is -0.990. The number of ether oxygens (including phenoxy) is 6. The molecule has 0 radical (unpaired) electrons. The van der Waals surface area contributed by atoms with Gasteiger partial charge in [0.05, 0.1) is 38.6 Å². The van der Waals surface area contributed by atoms with E-state index in [1.165, 1.54) is 372 Å². The van der Waals surface area contributed by atoms with Crippen LogP contribution in [-0.4, -0.2) is 193 Å². The van der Waals surface area contributed by atoms with Crippen molar-refractivity contribution in [1.29, 1.82) is 0 Å². The number of carbonyl (C=O) groups is 1. The SMILES string of the molecule is CCCCCCCCCCCCCCCCCCCCCCCCCCCC/C=C/CC/C=C/C(O)C(COC1OC(CO)C(OC2OC(CO)C(OC3OC(CO)C(O)C(O)C3O)C(O)C2O)C(O)C1O)NC(=O)CCCCCCCCCCCCCCCCCCCCCCCCCCCCCCCCCCCCCCC. The molecule has 0 aromatic rings. The standard InChI is InChI=1S/C95H181NO18/c1-3-5-7-9-11-13-15-17-19-21-23-25-27-29-31-33-35-37-38-39-40-41-43-45-47-49-51-53-55-57-59-61-63-65-67-69-71-73-83(101)96-78(79(100)72-70-68-66-64-62-60-58-56-54-52-50-48-46-44-42-36-34-32-30-28-26-24-22-20-18-16-14-12-10-8-6-4-2)77-109-93-89(107)86(104)91(81(75-98)111-93)114-95-90(108)87(105)92(82(76-99)112-95)113-94-88(106)85(103)84(102)80(74-97)110-94/h62,64,70,72,78-82,84-95,97-100,102-108H,3-61,63,65-69,71,73-77H2,1-2H3,(H,96,101)/b64-62+,72-70+. The van der Waals surface area contributed by atoms with Crippen LogP contribution in [0, 0.1) is 0 Å². The lowest BCUT2D eigenvalue weighted by Gasteiger charge is -2.48. The second-order valence-corrected chi connectivity index (χ2v) is 34.9. The normalized spacial score (nSPS) is 24.7. The first kappa shape index (κ1) is 106. The third kappa shape index (κ3) is 52.6. The Labute approximate surface area is 696 Å². The highest BCUT2D eigenvalue weighted by molar-refractivity contribution is 5.76. The number of amides is 1. The molecule has 17 unspecified atom stereocenters. The molecule has 3 aliphatic heterocycles. The predicted octanol–water partition coefficient (Wildman–Crippen LogP) is 19.6. The van der Waals surface area contributed by atoms with Crippen molar-refractivity contribution in [1.82, 2.24) is 5.32 Å². The molecule has 19 heteroatoms. The summed E-state index contributed by atoms with van der Waals surface area (Å²) in [5.74, 6) is -0.275. The fourth-order valence-corrected chi connectivity index (χ4v) is 16.8. The average Bonchev–Trinajstić information content (AvgIpc) is 0.779. The van der Waals surface area contributed by atoms with E-state index in [0.717, 1.165) is 38.5 Å². The Balaban J connectivity index is 1.30. The van der Waals surface area contributed by atoms with E-state index in [1.54, 1.807) is 6.08 Å². The highest BCUT2D eigenvalue weighted by atomic mass is 16.8. The molecule has 0 saturated carbocycles. The Morgan fingerprint density at radius 2 is 0.561 bits per heavy atom. The molecule has 0 bridgehead atoms. The van der Waals surface area contributed by atoms with Crippen LogP contribution in [0.2, 0.25) is 0 Å². The fourth-order valence-electron chi connectivity index (χ4n) is 16.8. The van der Waals surface area contributed by atoms with E-state index in [2.05, 4.69) is 31.3 Å². The molecule has 0 aromatic heterocycles. The van der Waals surface area contributed by atoms with Gasteiger partial charge in [-0.05, 0) is 32.1 Å². The van der Waals surface area contributed by atoms with Gasteiger partial charge >= 0.3 is 0 Å². The minimum atomic E-state index is -1.98. The lowest BCUT2D eigenvalue weighted by Crippen LogP contribution is -2.66. The molecular formula is C95H181NO18. The quantitative estimate of drug-likeness (QED) is 0.0199. The first-order chi connectivity index (χ1) is 55.8. The summed E-state index contributed by atoms with van der Waals surface area (Å²) in [7, 11) is 0. The lowest BCUT2D eigenvalue weighted by atomic mass is 9.96. The summed E-state index contributed by atoms with van der Waals surface area (Å²) in [5, 5.41) is 121. The molecule has 0 aliphatic carbocycles. The fraction of sp³-hybridized carbons (Fsp3) is 0.947. The smallest absolute Gasteiger partial charge is 0.220 e. The molecule has 1 amide bonds. The summed E-state index contributed by atoms with van der Waals surface area (Å²) in [6.07, 6.45) is 69.4. The minimum Gasteiger partial charge on any atom is -0.394 e. The van der Waals surface area contributed by atoms with Crippen LogP contribution in [0.1, 0.15) is 444 Å². The molecule has 3 aliphatic rings. The minimum absolute atomic E-state index is 0.242. The molecule has 3 heterocycles. The van der Waals surface area contributed by atoms with E-state index in [1.807, 2.05) is 6.08 Å². The molecule has 3 saturated heterocycles. The summed E-state index contributed by atoms with van der Waals surface area (Å²) < 4.78 is 34.6. The average molecular weight is 1630 g/mol. The van der Waals surface area contributed by atoms with Gasteiger partial charge in [-0.3, -0.25) is 4.79 Å². The molecule has 3 rings (SSSR count). The monoisotopic (exact) mass is 1620 g/mol. The summed E-state index contributed by atoms with van der Waals surface area (Å²) in [5.41, 5.74) is 0. The molecule has 0 aromatic carbocycles. The maximum Gasteiger partial charge on any atom is 0.220 e. The van der Waals surface area contributed by atoms with Crippen molar-refractivity contribution >= 4 is 5.91 Å². The van der Waals surface area contributed by atoms with Crippen LogP contribution in [-0.2, 0) is 33.2 Å². The lowest BCUT2D eigenvalue weighted by molar-refractivity contribution is -0.379. The molecule has 19 nitrogen and oxygen atoms in total. The number of rotatable bonds is 81. The molecule has 674 valence electrons. The summed E-state index contributed by atoms with van der Waals surface area (Å²) in [4.78, 5) is 13.5. The van der Waals surface area contributed by atoms with Gasteiger partial charge in [0.15, 0.2) is 18.9 Å². The number of hydrogen-bond donors (Lipinski definition) is 12. The van der Waals surface area contributed by atoms with Crippen LogP contribution in [0.4, 0.5) is 0 Å². The molecule has 0 spiro atoms. The number of aliphatic hydroxyl groups is 11. The van der Waals surface area contributed by atoms with Gasteiger partial charge in [0, 0.05) is 6.42 Å². The number of aliphatic hydroxyl groups excluding tert-OH is 11. The van der Waals surface area contributed by atoms with E-state index < -0.39 is 124 Å². The number of nitrogens with one attached hydrogen (secondary N) is 1. The van der Waals surface area contributed by atoms with Gasteiger partial charge in [-0.1, -0.05) is 430 Å². The zero-order valence-corrected chi connectivity index (χ0v) is 73.1. The van der Waals surface area contributed by atoms with Crippen molar-refractivity contribution in [2.24, 2.45) is 0 Å². The van der Waals surface area contributed by atoms with E-state index in [-0.39, 0.29) is 18.9 Å². The van der Waals surface area contributed by atoms with Gasteiger partial charge in [0.2, 0.25) is 5.91 Å².